The van der Waals surface area contributed by atoms with Gasteiger partial charge in [0.2, 0.25) is 5.91 Å². The Bertz CT molecular complexity index is 1450. The van der Waals surface area contributed by atoms with Crippen LogP contribution in [0.25, 0.3) is 10.2 Å². The van der Waals surface area contributed by atoms with Crippen molar-refractivity contribution in [3.63, 3.8) is 0 Å². The number of hydrogen-bond acceptors (Lipinski definition) is 9. The minimum Gasteiger partial charge on any atom is -0.465 e. The molecule has 2 heterocycles. The van der Waals surface area contributed by atoms with Crippen LogP contribution in [-0.2, 0) is 39.0 Å². The molecule has 1 atom stereocenters. The van der Waals surface area contributed by atoms with Gasteiger partial charge in [-0.2, -0.15) is 4.99 Å². The van der Waals surface area contributed by atoms with Crippen molar-refractivity contribution in [3.05, 3.63) is 44.6 Å². The van der Waals surface area contributed by atoms with Crippen LogP contribution in [0, 0.1) is 5.92 Å². The Morgan fingerprint density at radius 1 is 1.14 bits per heavy atom. The van der Waals surface area contributed by atoms with E-state index in [1.165, 1.54) is 36.9 Å². The standard InChI is InChI=1S/C25H27N3O6S3/c1-13-5-7-15-17(9-13)36-22(21(15)24(32)34-4)26-19(29)11-35-12-20(30)27-25-28(2)16-8-6-14(23(31)33-3)10-18(16)37-25/h6,8,10,13H,5,7,9,11-12H2,1-4H3,(H,26,29). The van der Waals surface area contributed by atoms with Gasteiger partial charge in [0.1, 0.15) is 5.00 Å². The Labute approximate surface area is 225 Å². The first kappa shape index (κ1) is 27.1. The summed E-state index contributed by atoms with van der Waals surface area (Å²) in [5.74, 6) is -0.944. The van der Waals surface area contributed by atoms with Crippen LogP contribution in [0.5, 0.6) is 0 Å². The number of aryl methyl sites for hydroxylation is 1. The lowest BCUT2D eigenvalue weighted by Gasteiger charge is -2.18. The molecule has 0 fully saturated rings. The fourth-order valence-electron chi connectivity index (χ4n) is 4.18. The Hall–Kier alpha value is -2.96. The zero-order chi connectivity index (χ0) is 26.7. The van der Waals surface area contributed by atoms with Crippen molar-refractivity contribution in [3.8, 4) is 0 Å². The largest absolute Gasteiger partial charge is 0.465 e. The average Bonchev–Trinajstić information content (AvgIpc) is 3.38. The van der Waals surface area contributed by atoms with Gasteiger partial charge in [-0.25, -0.2) is 9.59 Å². The molecule has 12 heteroatoms. The van der Waals surface area contributed by atoms with E-state index in [2.05, 4.69) is 17.2 Å². The van der Waals surface area contributed by atoms with Crippen molar-refractivity contribution >= 4 is 73.4 Å². The summed E-state index contributed by atoms with van der Waals surface area (Å²) in [5.41, 5.74) is 2.69. The highest BCUT2D eigenvalue weighted by molar-refractivity contribution is 8.00. The summed E-state index contributed by atoms with van der Waals surface area (Å²) in [4.78, 5) is 55.1. The van der Waals surface area contributed by atoms with Crippen molar-refractivity contribution in [2.75, 3.05) is 31.0 Å². The Morgan fingerprint density at radius 2 is 1.89 bits per heavy atom. The molecule has 0 bridgehead atoms. The number of rotatable bonds is 7. The number of nitrogens with zero attached hydrogens (tertiary/aromatic N) is 2. The summed E-state index contributed by atoms with van der Waals surface area (Å²) in [5, 5.41) is 3.35. The molecule has 0 spiro atoms. The van der Waals surface area contributed by atoms with E-state index in [0.29, 0.717) is 26.8 Å². The van der Waals surface area contributed by atoms with Crippen LogP contribution in [0.4, 0.5) is 5.00 Å². The number of ether oxygens (including phenoxy) is 2. The maximum Gasteiger partial charge on any atom is 0.341 e. The van der Waals surface area contributed by atoms with Crippen molar-refractivity contribution in [1.82, 2.24) is 4.57 Å². The Morgan fingerprint density at radius 3 is 2.62 bits per heavy atom. The lowest BCUT2D eigenvalue weighted by atomic mass is 9.88. The average molecular weight is 562 g/mol. The van der Waals surface area contributed by atoms with Gasteiger partial charge in [-0.1, -0.05) is 18.3 Å². The molecular formula is C25H27N3O6S3. The van der Waals surface area contributed by atoms with E-state index in [-0.39, 0.29) is 23.3 Å². The molecule has 1 unspecified atom stereocenters. The van der Waals surface area contributed by atoms with Crippen molar-refractivity contribution in [2.45, 2.75) is 26.2 Å². The fraction of sp³-hybridized carbons (Fsp3) is 0.400. The maximum atomic E-state index is 12.6. The van der Waals surface area contributed by atoms with E-state index >= 15 is 0 Å². The fourth-order valence-corrected chi connectivity index (χ4v) is 7.26. The van der Waals surface area contributed by atoms with E-state index in [9.17, 15) is 19.2 Å². The summed E-state index contributed by atoms with van der Waals surface area (Å²) in [6, 6.07) is 5.16. The van der Waals surface area contributed by atoms with Crippen molar-refractivity contribution in [2.24, 2.45) is 18.0 Å². The molecule has 1 aromatic carbocycles. The second kappa shape index (κ2) is 11.6. The lowest BCUT2D eigenvalue weighted by Crippen LogP contribution is -2.18. The van der Waals surface area contributed by atoms with Crippen molar-refractivity contribution < 1.29 is 28.7 Å². The molecule has 3 aromatic rings. The van der Waals surface area contributed by atoms with E-state index in [1.807, 2.05) is 0 Å². The molecule has 0 saturated heterocycles. The van der Waals surface area contributed by atoms with Crippen LogP contribution >= 0.6 is 34.4 Å². The molecule has 1 aliphatic rings. The molecular weight excluding hydrogens is 534 g/mol. The Balaban J connectivity index is 1.39. The highest BCUT2D eigenvalue weighted by Gasteiger charge is 2.28. The molecule has 4 rings (SSSR count). The van der Waals surface area contributed by atoms with E-state index in [1.54, 1.807) is 29.8 Å². The molecule has 1 aliphatic carbocycles. The molecule has 2 aromatic heterocycles. The predicted molar refractivity (Wildman–Crippen MR) is 146 cm³/mol. The summed E-state index contributed by atoms with van der Waals surface area (Å²) in [6.45, 7) is 2.18. The summed E-state index contributed by atoms with van der Waals surface area (Å²) < 4.78 is 12.3. The smallest absolute Gasteiger partial charge is 0.341 e. The molecule has 0 radical (unpaired) electrons. The summed E-state index contributed by atoms with van der Waals surface area (Å²) >= 11 is 3.87. The number of thiazole rings is 1. The number of methoxy groups -OCH3 is 2. The van der Waals surface area contributed by atoms with Crippen molar-refractivity contribution in [1.29, 1.82) is 0 Å². The zero-order valence-electron chi connectivity index (χ0n) is 20.9. The van der Waals surface area contributed by atoms with Crippen LogP contribution in [0.2, 0.25) is 0 Å². The monoisotopic (exact) mass is 561 g/mol. The van der Waals surface area contributed by atoms with Gasteiger partial charge in [-0.3, -0.25) is 9.59 Å². The van der Waals surface area contributed by atoms with Gasteiger partial charge < -0.3 is 19.4 Å². The second-order valence-electron chi connectivity index (χ2n) is 8.71. The SMILES string of the molecule is COC(=O)c1ccc2c(c1)sc(=NC(=O)CSCC(=O)Nc1sc3c(c1C(=O)OC)CCC(C)C3)n2C. The van der Waals surface area contributed by atoms with E-state index < -0.39 is 11.9 Å². The third kappa shape index (κ3) is 5.97. The van der Waals surface area contributed by atoms with Gasteiger partial charge in [0.05, 0.1) is 47.1 Å². The third-order valence-electron chi connectivity index (χ3n) is 6.06. The van der Waals surface area contributed by atoms with Crippen LogP contribution in [0.3, 0.4) is 0 Å². The summed E-state index contributed by atoms with van der Waals surface area (Å²) in [6.07, 6.45) is 2.66. The van der Waals surface area contributed by atoms with Crippen LogP contribution < -0.4 is 10.1 Å². The number of anilines is 1. The van der Waals surface area contributed by atoms with Crippen LogP contribution in [0.15, 0.2) is 23.2 Å². The number of benzene rings is 1. The molecule has 196 valence electrons. The van der Waals surface area contributed by atoms with Gasteiger partial charge >= 0.3 is 11.9 Å². The first-order valence-corrected chi connectivity index (χ1v) is 14.4. The molecule has 9 nitrogen and oxygen atoms in total. The van der Waals surface area contributed by atoms with Gasteiger partial charge in [-0.15, -0.1) is 23.1 Å². The van der Waals surface area contributed by atoms with E-state index in [4.69, 9.17) is 9.47 Å². The molecule has 0 saturated carbocycles. The zero-order valence-corrected chi connectivity index (χ0v) is 23.4. The van der Waals surface area contributed by atoms with Gasteiger partial charge in [0.15, 0.2) is 4.80 Å². The number of carbonyl (C=O) groups is 4. The van der Waals surface area contributed by atoms with E-state index in [0.717, 1.165) is 51.7 Å². The number of thioether (sulfide) groups is 1. The molecule has 37 heavy (non-hydrogen) atoms. The van der Waals surface area contributed by atoms with Crippen LogP contribution in [-0.4, -0.2) is 54.0 Å². The number of carbonyl (C=O) groups excluding carboxylic acids is 4. The van der Waals surface area contributed by atoms with Gasteiger partial charge in [-0.05, 0) is 48.9 Å². The summed E-state index contributed by atoms with van der Waals surface area (Å²) in [7, 11) is 4.46. The number of hydrogen-bond donors (Lipinski definition) is 1. The normalized spacial score (nSPS) is 15.4. The number of fused-ring (bicyclic) bond motifs is 2. The van der Waals surface area contributed by atoms with Gasteiger partial charge in [0.25, 0.3) is 5.91 Å². The number of nitrogens with one attached hydrogen (secondary N) is 1. The topological polar surface area (TPSA) is 116 Å². The molecule has 0 aliphatic heterocycles. The quantitative estimate of drug-likeness (QED) is 0.436. The number of thiophene rings is 1. The lowest BCUT2D eigenvalue weighted by molar-refractivity contribution is -0.115. The predicted octanol–water partition coefficient (Wildman–Crippen LogP) is 3.80. The minimum absolute atomic E-state index is 0.0252. The first-order chi connectivity index (χ1) is 17.7. The molecule has 1 N–H and O–H groups in total. The number of amides is 2. The number of aromatic nitrogens is 1. The minimum atomic E-state index is -0.445. The third-order valence-corrected chi connectivity index (χ3v) is 9.25. The van der Waals surface area contributed by atoms with Crippen LogP contribution in [0.1, 0.15) is 44.5 Å². The highest BCUT2D eigenvalue weighted by atomic mass is 32.2. The number of esters is 2. The highest BCUT2D eigenvalue weighted by Crippen LogP contribution is 2.40. The first-order valence-electron chi connectivity index (χ1n) is 11.6. The second-order valence-corrected chi connectivity index (χ2v) is 11.8. The Kier molecular flexibility index (Phi) is 8.50. The van der Waals surface area contributed by atoms with Gasteiger partial charge in [0, 0.05) is 11.9 Å². The molecule has 2 amide bonds. The maximum absolute atomic E-state index is 12.6.